The van der Waals surface area contributed by atoms with Gasteiger partial charge in [-0.15, -0.1) is 0 Å². The van der Waals surface area contributed by atoms with E-state index in [9.17, 15) is 0 Å². The molecule has 4 rings (SSSR count). The van der Waals surface area contributed by atoms with Crippen LogP contribution < -0.4 is 10.6 Å². The number of nitrogens with one attached hydrogen (secondary N) is 2. The fourth-order valence-electron chi connectivity index (χ4n) is 3.12. The molecule has 0 spiro atoms. The number of fused-ring (bicyclic) bond motifs is 1. The van der Waals surface area contributed by atoms with Crippen LogP contribution in [0.25, 0.3) is 5.69 Å². The molecule has 0 unspecified atom stereocenters. The summed E-state index contributed by atoms with van der Waals surface area (Å²) in [6.45, 7) is 5.77. The molecule has 24 heavy (non-hydrogen) atoms. The van der Waals surface area contributed by atoms with Gasteiger partial charge >= 0.3 is 0 Å². The molecule has 0 saturated heterocycles. The normalized spacial score (nSPS) is 16.6. The third-order valence-corrected chi connectivity index (χ3v) is 4.32. The van der Waals surface area contributed by atoms with Crippen LogP contribution in [0, 0.1) is 12.8 Å². The van der Waals surface area contributed by atoms with Crippen molar-refractivity contribution in [3.8, 4) is 5.69 Å². The molecule has 1 atom stereocenters. The van der Waals surface area contributed by atoms with Crippen LogP contribution in [0.15, 0.2) is 48.8 Å². The first-order valence-corrected chi connectivity index (χ1v) is 8.36. The molecule has 2 aromatic heterocycles. The summed E-state index contributed by atoms with van der Waals surface area (Å²) in [5, 5.41) is 15.9. The van der Waals surface area contributed by atoms with Gasteiger partial charge < -0.3 is 10.6 Å². The van der Waals surface area contributed by atoms with Crippen LogP contribution in [0.1, 0.15) is 11.3 Å². The van der Waals surface area contributed by atoms with E-state index in [4.69, 9.17) is 0 Å². The number of benzene rings is 1. The third kappa shape index (κ3) is 3.19. The van der Waals surface area contributed by atoms with Gasteiger partial charge in [0, 0.05) is 49.9 Å². The van der Waals surface area contributed by atoms with E-state index in [1.54, 1.807) is 0 Å². The summed E-state index contributed by atoms with van der Waals surface area (Å²) in [6, 6.07) is 12.3. The first kappa shape index (κ1) is 15.0. The van der Waals surface area contributed by atoms with Gasteiger partial charge in [-0.3, -0.25) is 0 Å². The Hall–Kier alpha value is -2.60. The minimum absolute atomic E-state index is 0.543. The van der Waals surface area contributed by atoms with Crippen LogP contribution in [0.3, 0.4) is 0 Å². The Morgan fingerprint density at radius 3 is 3.04 bits per heavy atom. The first-order chi connectivity index (χ1) is 11.8. The molecule has 0 fully saturated rings. The molecule has 0 radical (unpaired) electrons. The fourth-order valence-corrected chi connectivity index (χ4v) is 3.12. The molecule has 1 aliphatic rings. The zero-order chi connectivity index (χ0) is 16.4. The maximum Gasteiger partial charge on any atom is 0.124 e. The van der Waals surface area contributed by atoms with Crippen molar-refractivity contribution in [3.05, 3.63) is 60.0 Å². The quantitative estimate of drug-likeness (QED) is 0.756. The fraction of sp³-hybridized carbons (Fsp3) is 0.333. The Bertz CT molecular complexity index is 804. The molecule has 1 aliphatic heterocycles. The van der Waals surface area contributed by atoms with Crippen molar-refractivity contribution in [3.63, 3.8) is 0 Å². The van der Waals surface area contributed by atoms with Crippen LogP contribution in [0.4, 0.5) is 5.82 Å². The van der Waals surface area contributed by atoms with Crippen molar-refractivity contribution in [2.75, 3.05) is 18.4 Å². The Labute approximate surface area is 141 Å². The van der Waals surface area contributed by atoms with E-state index in [1.807, 2.05) is 36.0 Å². The zero-order valence-electron chi connectivity index (χ0n) is 13.8. The highest BCUT2D eigenvalue weighted by molar-refractivity contribution is 5.38. The lowest BCUT2D eigenvalue weighted by molar-refractivity contribution is 0.390. The number of nitrogens with zero attached hydrogens (tertiary/aromatic N) is 4. The van der Waals surface area contributed by atoms with Gasteiger partial charge in [-0.1, -0.05) is 18.2 Å². The predicted octanol–water partition coefficient (Wildman–Crippen LogP) is 2.21. The van der Waals surface area contributed by atoms with Gasteiger partial charge in [-0.2, -0.15) is 10.2 Å². The molecule has 0 aliphatic carbocycles. The summed E-state index contributed by atoms with van der Waals surface area (Å²) in [5.41, 5.74) is 3.35. The van der Waals surface area contributed by atoms with Gasteiger partial charge in [0.05, 0.1) is 17.6 Å². The standard InChI is InChI=1S/C18H22N6/c1-14-7-18-20-10-15(13-24(18)22-14)8-19-9-16-11-21-23(12-16)17-5-3-2-4-6-17/h2-7,11-12,15,19-20H,8-10,13H2,1H3/t15-/m1/s1. The second kappa shape index (κ2) is 6.49. The number of aromatic nitrogens is 4. The Morgan fingerprint density at radius 2 is 2.17 bits per heavy atom. The van der Waals surface area contributed by atoms with Crippen molar-refractivity contribution in [2.45, 2.75) is 20.0 Å². The monoisotopic (exact) mass is 322 g/mol. The van der Waals surface area contributed by atoms with Crippen LogP contribution in [-0.4, -0.2) is 32.7 Å². The maximum atomic E-state index is 4.52. The minimum Gasteiger partial charge on any atom is -0.370 e. The second-order valence-electron chi connectivity index (χ2n) is 6.36. The molecule has 6 nitrogen and oxygen atoms in total. The molecular formula is C18H22N6. The summed E-state index contributed by atoms with van der Waals surface area (Å²) >= 11 is 0. The van der Waals surface area contributed by atoms with E-state index in [-0.39, 0.29) is 0 Å². The number of rotatable bonds is 5. The smallest absolute Gasteiger partial charge is 0.124 e. The molecule has 1 aromatic carbocycles. The zero-order valence-corrected chi connectivity index (χ0v) is 13.8. The second-order valence-corrected chi connectivity index (χ2v) is 6.36. The van der Waals surface area contributed by atoms with Crippen molar-refractivity contribution in [1.82, 2.24) is 24.9 Å². The SMILES string of the molecule is Cc1cc2n(n1)C[C@H](CNCc1cnn(-c3ccccc3)c1)CN2. The molecular weight excluding hydrogens is 300 g/mol. The lowest BCUT2D eigenvalue weighted by Gasteiger charge is -2.25. The molecule has 6 heteroatoms. The van der Waals surface area contributed by atoms with Crippen LogP contribution >= 0.6 is 0 Å². The van der Waals surface area contributed by atoms with Crippen LogP contribution in [0.5, 0.6) is 0 Å². The third-order valence-electron chi connectivity index (χ3n) is 4.32. The summed E-state index contributed by atoms with van der Waals surface area (Å²) in [6.07, 6.45) is 4.00. The number of aryl methyl sites for hydroxylation is 1. The van der Waals surface area contributed by atoms with E-state index < -0.39 is 0 Å². The summed E-state index contributed by atoms with van der Waals surface area (Å²) in [7, 11) is 0. The van der Waals surface area contributed by atoms with E-state index in [0.29, 0.717) is 5.92 Å². The van der Waals surface area contributed by atoms with E-state index in [1.165, 1.54) is 5.56 Å². The topological polar surface area (TPSA) is 59.7 Å². The average molecular weight is 322 g/mol. The van der Waals surface area contributed by atoms with Gasteiger partial charge in [-0.25, -0.2) is 9.36 Å². The maximum absolute atomic E-state index is 4.52. The Morgan fingerprint density at radius 1 is 1.29 bits per heavy atom. The average Bonchev–Trinajstić information content (AvgIpc) is 3.21. The van der Waals surface area contributed by atoms with Crippen molar-refractivity contribution in [1.29, 1.82) is 0 Å². The highest BCUT2D eigenvalue weighted by Gasteiger charge is 2.18. The van der Waals surface area contributed by atoms with E-state index in [2.05, 4.69) is 49.9 Å². The number of hydrogen-bond acceptors (Lipinski definition) is 4. The van der Waals surface area contributed by atoms with Crippen LogP contribution in [0.2, 0.25) is 0 Å². The predicted molar refractivity (Wildman–Crippen MR) is 94.2 cm³/mol. The van der Waals surface area contributed by atoms with Crippen molar-refractivity contribution < 1.29 is 0 Å². The largest absolute Gasteiger partial charge is 0.370 e. The minimum atomic E-state index is 0.543. The highest BCUT2D eigenvalue weighted by atomic mass is 15.3. The molecule has 0 bridgehead atoms. The Kier molecular flexibility index (Phi) is 4.04. The molecule has 124 valence electrons. The molecule has 0 saturated carbocycles. The summed E-state index contributed by atoms with van der Waals surface area (Å²) < 4.78 is 3.98. The van der Waals surface area contributed by atoms with Crippen LogP contribution in [-0.2, 0) is 13.1 Å². The summed E-state index contributed by atoms with van der Waals surface area (Å²) in [5.74, 6) is 1.67. The number of para-hydroxylation sites is 1. The highest BCUT2D eigenvalue weighted by Crippen LogP contribution is 2.18. The van der Waals surface area contributed by atoms with Crippen molar-refractivity contribution in [2.24, 2.45) is 5.92 Å². The number of anilines is 1. The van der Waals surface area contributed by atoms with Gasteiger partial charge in [0.15, 0.2) is 0 Å². The molecule has 3 aromatic rings. The lowest BCUT2D eigenvalue weighted by Crippen LogP contribution is -2.35. The molecule has 3 heterocycles. The Balaban J connectivity index is 1.30. The van der Waals surface area contributed by atoms with E-state index >= 15 is 0 Å². The summed E-state index contributed by atoms with van der Waals surface area (Å²) in [4.78, 5) is 0. The lowest BCUT2D eigenvalue weighted by atomic mass is 10.1. The van der Waals surface area contributed by atoms with Crippen molar-refractivity contribution >= 4 is 5.82 Å². The van der Waals surface area contributed by atoms with E-state index in [0.717, 1.165) is 43.4 Å². The molecule has 2 N–H and O–H groups in total. The number of hydrogen-bond donors (Lipinski definition) is 2. The first-order valence-electron chi connectivity index (χ1n) is 8.36. The molecule has 0 amide bonds. The van der Waals surface area contributed by atoms with Gasteiger partial charge in [-0.05, 0) is 19.1 Å². The van der Waals surface area contributed by atoms with Gasteiger partial charge in [0.1, 0.15) is 5.82 Å². The van der Waals surface area contributed by atoms with Gasteiger partial charge in [0.25, 0.3) is 0 Å². The van der Waals surface area contributed by atoms with Gasteiger partial charge in [0.2, 0.25) is 0 Å².